The van der Waals surface area contributed by atoms with Gasteiger partial charge in [0.15, 0.2) is 0 Å². The van der Waals surface area contributed by atoms with Crippen LogP contribution in [0.1, 0.15) is 37.7 Å². The Balaban J connectivity index is 1.63. The van der Waals surface area contributed by atoms with Gasteiger partial charge >= 0.3 is 5.97 Å². The van der Waals surface area contributed by atoms with Crippen molar-refractivity contribution in [2.75, 3.05) is 0 Å². The molecule has 3 N–H and O–H groups in total. The summed E-state index contributed by atoms with van der Waals surface area (Å²) in [6, 6.07) is 7.75. The van der Waals surface area contributed by atoms with Gasteiger partial charge < -0.3 is 15.4 Å². The number of allylic oxidation sites excluding steroid dienone is 1. The molecule has 3 heterocycles. The largest absolute Gasteiger partial charge is 0.481 e. The van der Waals surface area contributed by atoms with Gasteiger partial charge in [0.25, 0.3) is 5.91 Å². The molecule has 0 atom stereocenters. The molecule has 0 saturated heterocycles. The fourth-order valence-corrected chi connectivity index (χ4v) is 6.28. The highest BCUT2D eigenvalue weighted by Crippen LogP contribution is 2.36. The van der Waals surface area contributed by atoms with Gasteiger partial charge in [-0.2, -0.15) is 0 Å². The maximum atomic E-state index is 11.8. The number of fused-ring (bicyclic) bond motifs is 2. The summed E-state index contributed by atoms with van der Waals surface area (Å²) in [6.45, 7) is 0.610. The third-order valence-corrected chi connectivity index (χ3v) is 8.07. The number of halogens is 1. The molecule has 0 aliphatic heterocycles. The number of nitrogens with zero attached hydrogens (tertiary/aromatic N) is 1. The summed E-state index contributed by atoms with van der Waals surface area (Å²) >= 11 is 9.37. The standard InChI is InChI=1S/C24H19ClN2O3S2/c25-16-2-4-21-19(9-16)15(12-32-21)11-27-10-14(8-22(28)29)17-3-1-13(7-20(17)27)18-5-6-31-23(18)24(26)30/h1,3,5-7,9-10,12H,2,4,8,11H2,(H2,26,30)(H,28,29). The van der Waals surface area contributed by atoms with E-state index >= 15 is 0 Å². The van der Waals surface area contributed by atoms with Crippen molar-refractivity contribution in [3.8, 4) is 11.1 Å². The number of primary amides is 1. The van der Waals surface area contributed by atoms with Gasteiger partial charge in [-0.25, -0.2) is 0 Å². The van der Waals surface area contributed by atoms with Crippen LogP contribution >= 0.6 is 34.3 Å². The molecule has 0 unspecified atom stereocenters. The Morgan fingerprint density at radius 1 is 1.16 bits per heavy atom. The zero-order valence-corrected chi connectivity index (χ0v) is 19.3. The number of thiophene rings is 2. The number of hydrogen-bond acceptors (Lipinski definition) is 4. The van der Waals surface area contributed by atoms with Crippen LogP contribution in [-0.2, 0) is 24.2 Å². The number of aliphatic carboxylic acids is 1. The zero-order valence-electron chi connectivity index (χ0n) is 16.9. The summed E-state index contributed by atoms with van der Waals surface area (Å²) in [6.07, 6.45) is 5.73. The molecule has 5 nitrogen and oxygen atoms in total. The molecule has 32 heavy (non-hydrogen) atoms. The van der Waals surface area contributed by atoms with E-state index in [1.807, 2.05) is 41.9 Å². The van der Waals surface area contributed by atoms with Crippen molar-refractivity contribution < 1.29 is 14.7 Å². The van der Waals surface area contributed by atoms with Crippen molar-refractivity contribution in [2.24, 2.45) is 5.73 Å². The van der Waals surface area contributed by atoms with Crippen LogP contribution < -0.4 is 5.73 Å². The number of rotatable bonds is 6. The Kier molecular flexibility index (Phi) is 5.41. The average Bonchev–Trinajstić information content (AvgIpc) is 3.46. The highest BCUT2D eigenvalue weighted by molar-refractivity contribution is 7.12. The molecule has 0 saturated carbocycles. The van der Waals surface area contributed by atoms with Crippen molar-refractivity contribution in [3.63, 3.8) is 0 Å². The number of carboxylic acids is 1. The van der Waals surface area contributed by atoms with Gasteiger partial charge in [-0.1, -0.05) is 23.7 Å². The van der Waals surface area contributed by atoms with Crippen molar-refractivity contribution in [1.82, 2.24) is 4.57 Å². The summed E-state index contributed by atoms with van der Waals surface area (Å²) in [5.41, 5.74) is 11.2. The molecule has 1 aromatic carbocycles. The van der Waals surface area contributed by atoms with Crippen molar-refractivity contribution in [3.05, 3.63) is 72.7 Å². The van der Waals surface area contributed by atoms with Crippen LogP contribution in [0.5, 0.6) is 0 Å². The van der Waals surface area contributed by atoms with Gasteiger partial charge in [0.05, 0.1) is 11.3 Å². The van der Waals surface area contributed by atoms with Crippen LogP contribution in [-0.4, -0.2) is 21.6 Å². The third-order valence-electron chi connectivity index (χ3n) is 5.73. The summed E-state index contributed by atoms with van der Waals surface area (Å²) < 4.78 is 2.09. The maximum absolute atomic E-state index is 11.8. The van der Waals surface area contributed by atoms with Crippen LogP contribution in [0.4, 0.5) is 0 Å². The number of amides is 1. The minimum Gasteiger partial charge on any atom is -0.481 e. The van der Waals surface area contributed by atoms with E-state index in [4.69, 9.17) is 17.3 Å². The van der Waals surface area contributed by atoms with E-state index in [0.29, 0.717) is 11.4 Å². The van der Waals surface area contributed by atoms with Crippen LogP contribution in [0, 0.1) is 0 Å². The smallest absolute Gasteiger partial charge is 0.307 e. The lowest BCUT2D eigenvalue weighted by Gasteiger charge is -2.11. The molecule has 1 aliphatic carbocycles. The number of carbonyl (C=O) groups is 2. The first-order valence-electron chi connectivity index (χ1n) is 10.1. The van der Waals surface area contributed by atoms with Crippen LogP contribution in [0.2, 0.25) is 0 Å². The third kappa shape index (κ3) is 3.77. The normalized spacial score (nSPS) is 13.2. The lowest BCUT2D eigenvalue weighted by molar-refractivity contribution is -0.136. The highest BCUT2D eigenvalue weighted by atomic mass is 35.5. The summed E-state index contributed by atoms with van der Waals surface area (Å²) in [5, 5.41) is 15.2. The molecule has 0 bridgehead atoms. The molecular weight excluding hydrogens is 464 g/mol. The lowest BCUT2D eigenvalue weighted by atomic mass is 10.0. The number of nitrogens with two attached hydrogens (primary N) is 1. The molecule has 0 fully saturated rings. The maximum Gasteiger partial charge on any atom is 0.307 e. The predicted octanol–water partition coefficient (Wildman–Crippen LogP) is 5.73. The monoisotopic (exact) mass is 482 g/mol. The minimum atomic E-state index is -0.871. The van der Waals surface area contributed by atoms with E-state index in [1.54, 1.807) is 11.3 Å². The number of carbonyl (C=O) groups excluding carboxylic acids is 1. The fourth-order valence-electron chi connectivity index (χ4n) is 4.28. The quantitative estimate of drug-likeness (QED) is 0.368. The molecule has 0 spiro atoms. The molecule has 3 aromatic heterocycles. The SMILES string of the molecule is NC(=O)c1sccc1-c1ccc2c(CC(=O)O)cn(Cc3csc4c3C=C(Cl)CC4)c2c1. The van der Waals surface area contributed by atoms with E-state index < -0.39 is 11.9 Å². The van der Waals surface area contributed by atoms with E-state index in [1.165, 1.54) is 27.3 Å². The summed E-state index contributed by atoms with van der Waals surface area (Å²) in [7, 11) is 0. The average molecular weight is 483 g/mol. The van der Waals surface area contributed by atoms with E-state index in [0.717, 1.165) is 45.5 Å². The Hall–Kier alpha value is -2.87. The van der Waals surface area contributed by atoms with Gasteiger partial charge in [-0.3, -0.25) is 9.59 Å². The van der Waals surface area contributed by atoms with Crippen LogP contribution in [0.25, 0.3) is 28.1 Å². The Labute approximate surface area is 197 Å². The summed E-state index contributed by atoms with van der Waals surface area (Å²) in [5.74, 6) is -1.32. The first kappa shape index (κ1) is 21.0. The zero-order chi connectivity index (χ0) is 22.4. The van der Waals surface area contributed by atoms with E-state index in [-0.39, 0.29) is 6.42 Å². The Morgan fingerprint density at radius 3 is 2.78 bits per heavy atom. The molecule has 4 aromatic rings. The molecule has 162 valence electrons. The fraction of sp³-hybridized carbons (Fsp3) is 0.167. The van der Waals surface area contributed by atoms with Gasteiger partial charge in [0.2, 0.25) is 0 Å². The van der Waals surface area contributed by atoms with Gasteiger partial charge in [0.1, 0.15) is 0 Å². The Bertz CT molecular complexity index is 1410. The second-order valence-corrected chi connectivity index (χ2v) is 10.2. The number of hydrogen-bond donors (Lipinski definition) is 2. The molecule has 1 amide bonds. The lowest BCUT2D eigenvalue weighted by Crippen LogP contribution is -2.09. The van der Waals surface area contributed by atoms with Crippen molar-refractivity contribution in [1.29, 1.82) is 0 Å². The second kappa shape index (κ2) is 8.24. The second-order valence-electron chi connectivity index (χ2n) is 7.80. The Morgan fingerprint density at radius 2 is 2.00 bits per heavy atom. The highest BCUT2D eigenvalue weighted by Gasteiger charge is 2.19. The number of aromatic nitrogens is 1. The topological polar surface area (TPSA) is 85.3 Å². The first-order valence-corrected chi connectivity index (χ1v) is 12.2. The summed E-state index contributed by atoms with van der Waals surface area (Å²) in [4.78, 5) is 25.1. The van der Waals surface area contributed by atoms with Crippen LogP contribution in [0.3, 0.4) is 0 Å². The number of aryl methyl sites for hydroxylation is 1. The van der Waals surface area contributed by atoms with Crippen molar-refractivity contribution in [2.45, 2.75) is 25.8 Å². The molecule has 8 heteroatoms. The van der Waals surface area contributed by atoms with Crippen LogP contribution in [0.15, 0.2) is 46.3 Å². The molecule has 1 aliphatic rings. The number of carboxylic acid groups (broad SMARTS) is 1. The first-order chi connectivity index (χ1) is 15.4. The van der Waals surface area contributed by atoms with E-state index in [2.05, 4.69) is 9.95 Å². The van der Waals surface area contributed by atoms with Gasteiger partial charge in [-0.15, -0.1) is 22.7 Å². The number of benzene rings is 1. The molecular formula is C24H19ClN2O3S2. The predicted molar refractivity (Wildman–Crippen MR) is 131 cm³/mol. The molecule has 0 radical (unpaired) electrons. The van der Waals surface area contributed by atoms with E-state index in [9.17, 15) is 14.7 Å². The van der Waals surface area contributed by atoms with Crippen molar-refractivity contribution >= 4 is 63.1 Å². The molecule has 5 rings (SSSR count). The van der Waals surface area contributed by atoms with Gasteiger partial charge in [0, 0.05) is 39.1 Å². The minimum absolute atomic E-state index is 0.0543. The van der Waals surface area contributed by atoms with Gasteiger partial charge in [-0.05, 0) is 64.1 Å².